The molecule has 7 nitrogen and oxygen atoms in total. The Balaban J connectivity index is 1.43. The van der Waals surface area contributed by atoms with Crippen LogP contribution in [0.5, 0.6) is 0 Å². The number of carbonyl (C=O) groups is 1. The predicted octanol–water partition coefficient (Wildman–Crippen LogP) is 3.40. The number of carbonyl (C=O) groups excluding carboxylic acids is 1. The molecule has 28 heavy (non-hydrogen) atoms. The van der Waals surface area contributed by atoms with Crippen molar-refractivity contribution in [3.05, 3.63) is 35.5 Å². The molecule has 1 saturated heterocycles. The summed E-state index contributed by atoms with van der Waals surface area (Å²) in [7, 11) is 0. The molecule has 1 unspecified atom stereocenters. The van der Waals surface area contributed by atoms with Gasteiger partial charge in [-0.15, -0.1) is 5.10 Å². The molecular weight excluding hydrogens is 354 g/mol. The lowest BCUT2D eigenvalue weighted by molar-refractivity contribution is 0.0944. The van der Waals surface area contributed by atoms with Crippen molar-refractivity contribution in [2.75, 3.05) is 26.2 Å². The maximum absolute atomic E-state index is 12.1. The minimum absolute atomic E-state index is 0.139. The van der Waals surface area contributed by atoms with Crippen molar-refractivity contribution in [1.82, 2.24) is 25.2 Å². The molecule has 3 heterocycles. The molecule has 7 heteroatoms. The predicted molar refractivity (Wildman–Crippen MR) is 108 cm³/mol. The number of piperidine rings is 1. The smallest absolute Gasteiger partial charge is 0.273 e. The molecule has 3 rings (SSSR count). The van der Waals surface area contributed by atoms with Gasteiger partial charge in [-0.2, -0.15) is 0 Å². The summed E-state index contributed by atoms with van der Waals surface area (Å²) in [6.07, 6.45) is 4.95. The van der Waals surface area contributed by atoms with Gasteiger partial charge in [-0.1, -0.05) is 26.0 Å². The molecule has 1 N–H and O–H groups in total. The topological polar surface area (TPSA) is 76.2 Å². The average molecular weight is 388 g/mol. The number of aromatic nitrogens is 3. The van der Waals surface area contributed by atoms with Crippen LogP contribution >= 0.6 is 0 Å². The van der Waals surface area contributed by atoms with Crippen LogP contribution < -0.4 is 5.32 Å². The number of rotatable bonds is 8. The first-order chi connectivity index (χ1) is 13.4. The van der Waals surface area contributed by atoms with E-state index >= 15 is 0 Å². The van der Waals surface area contributed by atoms with Crippen molar-refractivity contribution >= 4 is 5.91 Å². The van der Waals surface area contributed by atoms with E-state index in [4.69, 9.17) is 4.42 Å². The quantitative estimate of drug-likeness (QED) is 0.751. The standard InChI is InChI=1S/C21H33N5O2/c1-15(2)13-22-21(27)19-14-26(24-23-19)18-8-11-25(12-9-18)10-7-16(3)20-6-5-17(4)28-20/h5-6,14-16,18H,7-13H2,1-4H3,(H,22,27). The lowest BCUT2D eigenvalue weighted by Gasteiger charge is -2.32. The van der Waals surface area contributed by atoms with Crippen LogP contribution in [0, 0.1) is 12.8 Å². The van der Waals surface area contributed by atoms with Gasteiger partial charge in [0.25, 0.3) is 5.91 Å². The third-order valence-corrected chi connectivity index (χ3v) is 5.47. The van der Waals surface area contributed by atoms with Crippen LogP contribution in [0.15, 0.2) is 22.7 Å². The molecular formula is C21H33N5O2. The van der Waals surface area contributed by atoms with Gasteiger partial charge >= 0.3 is 0 Å². The first-order valence-corrected chi connectivity index (χ1v) is 10.4. The van der Waals surface area contributed by atoms with Crippen molar-refractivity contribution in [3.63, 3.8) is 0 Å². The zero-order valence-electron chi connectivity index (χ0n) is 17.5. The van der Waals surface area contributed by atoms with Gasteiger partial charge in [0.2, 0.25) is 0 Å². The highest BCUT2D eigenvalue weighted by atomic mass is 16.3. The average Bonchev–Trinajstić information content (AvgIpc) is 3.34. The van der Waals surface area contributed by atoms with Crippen LogP contribution in [-0.2, 0) is 0 Å². The van der Waals surface area contributed by atoms with E-state index in [1.807, 2.05) is 17.7 Å². The third-order valence-electron chi connectivity index (χ3n) is 5.47. The summed E-state index contributed by atoms with van der Waals surface area (Å²) in [5.41, 5.74) is 0.408. The number of furan rings is 1. The summed E-state index contributed by atoms with van der Waals surface area (Å²) in [5.74, 6) is 2.78. The monoisotopic (exact) mass is 387 g/mol. The van der Waals surface area contributed by atoms with Gasteiger partial charge < -0.3 is 14.6 Å². The molecule has 0 saturated carbocycles. The van der Waals surface area contributed by atoms with Crippen molar-refractivity contribution in [2.24, 2.45) is 5.92 Å². The Morgan fingerprint density at radius 1 is 1.29 bits per heavy atom. The number of amides is 1. The summed E-state index contributed by atoms with van der Waals surface area (Å²) in [6.45, 7) is 12.2. The minimum atomic E-state index is -0.139. The molecule has 0 aliphatic carbocycles. The maximum atomic E-state index is 12.1. The Morgan fingerprint density at radius 3 is 2.68 bits per heavy atom. The van der Waals surface area contributed by atoms with E-state index in [9.17, 15) is 4.79 Å². The molecule has 1 amide bonds. The van der Waals surface area contributed by atoms with Crippen LogP contribution in [0.2, 0.25) is 0 Å². The highest BCUT2D eigenvalue weighted by molar-refractivity contribution is 5.91. The van der Waals surface area contributed by atoms with E-state index in [0.29, 0.717) is 30.1 Å². The number of nitrogens with one attached hydrogen (secondary N) is 1. The Morgan fingerprint density at radius 2 is 2.04 bits per heavy atom. The molecule has 1 aliphatic heterocycles. The van der Waals surface area contributed by atoms with Crippen LogP contribution in [-0.4, -0.2) is 52.0 Å². The van der Waals surface area contributed by atoms with E-state index in [0.717, 1.165) is 50.4 Å². The molecule has 154 valence electrons. The fraction of sp³-hybridized carbons (Fsp3) is 0.667. The first-order valence-electron chi connectivity index (χ1n) is 10.4. The van der Waals surface area contributed by atoms with Crippen molar-refractivity contribution in [2.45, 2.75) is 58.9 Å². The molecule has 1 aliphatic rings. The zero-order chi connectivity index (χ0) is 20.1. The van der Waals surface area contributed by atoms with E-state index in [1.54, 1.807) is 6.20 Å². The first kappa shape index (κ1) is 20.6. The summed E-state index contributed by atoms with van der Waals surface area (Å²) in [4.78, 5) is 14.6. The second-order valence-corrected chi connectivity index (χ2v) is 8.40. The fourth-order valence-corrected chi connectivity index (χ4v) is 3.59. The zero-order valence-corrected chi connectivity index (χ0v) is 17.5. The highest BCUT2D eigenvalue weighted by Crippen LogP contribution is 2.25. The van der Waals surface area contributed by atoms with Gasteiger partial charge in [0.15, 0.2) is 5.69 Å². The number of hydrogen-bond donors (Lipinski definition) is 1. The van der Waals surface area contributed by atoms with Gasteiger partial charge in [-0.05, 0) is 50.8 Å². The molecule has 0 radical (unpaired) electrons. The highest BCUT2D eigenvalue weighted by Gasteiger charge is 2.23. The normalized spacial score (nSPS) is 17.2. The lowest BCUT2D eigenvalue weighted by Crippen LogP contribution is -2.35. The SMILES string of the molecule is Cc1ccc(C(C)CCN2CCC(n3cc(C(=O)NCC(C)C)nn3)CC2)o1. The van der Waals surface area contributed by atoms with E-state index in [1.165, 1.54) is 0 Å². The third kappa shape index (κ3) is 5.44. The molecule has 1 fully saturated rings. The summed E-state index contributed by atoms with van der Waals surface area (Å²) >= 11 is 0. The second kappa shape index (κ2) is 9.37. The Hall–Kier alpha value is -2.15. The Kier molecular flexibility index (Phi) is 6.88. The minimum Gasteiger partial charge on any atom is -0.466 e. The fourth-order valence-electron chi connectivity index (χ4n) is 3.59. The largest absolute Gasteiger partial charge is 0.466 e. The van der Waals surface area contributed by atoms with E-state index in [2.05, 4.69) is 47.4 Å². The second-order valence-electron chi connectivity index (χ2n) is 8.40. The van der Waals surface area contributed by atoms with Gasteiger partial charge in [0, 0.05) is 25.6 Å². The number of nitrogens with zero attached hydrogens (tertiary/aromatic N) is 4. The molecule has 2 aromatic heterocycles. The van der Waals surface area contributed by atoms with Crippen molar-refractivity contribution in [1.29, 1.82) is 0 Å². The van der Waals surface area contributed by atoms with Crippen molar-refractivity contribution < 1.29 is 9.21 Å². The summed E-state index contributed by atoms with van der Waals surface area (Å²) in [5, 5.41) is 11.2. The van der Waals surface area contributed by atoms with Crippen LogP contribution in [0.1, 0.15) is 74.0 Å². The van der Waals surface area contributed by atoms with Gasteiger partial charge in [-0.3, -0.25) is 4.79 Å². The number of aryl methyl sites for hydroxylation is 1. The Bertz CT molecular complexity index is 758. The van der Waals surface area contributed by atoms with Crippen LogP contribution in [0.25, 0.3) is 0 Å². The lowest BCUT2D eigenvalue weighted by atomic mass is 10.0. The van der Waals surface area contributed by atoms with Gasteiger partial charge in [-0.25, -0.2) is 4.68 Å². The van der Waals surface area contributed by atoms with Crippen LogP contribution in [0.4, 0.5) is 0 Å². The van der Waals surface area contributed by atoms with E-state index < -0.39 is 0 Å². The number of likely N-dealkylation sites (tertiary alicyclic amines) is 1. The molecule has 1 atom stereocenters. The van der Waals surface area contributed by atoms with Gasteiger partial charge in [0.05, 0.1) is 12.2 Å². The summed E-state index contributed by atoms with van der Waals surface area (Å²) < 4.78 is 7.61. The van der Waals surface area contributed by atoms with E-state index in [-0.39, 0.29) is 5.91 Å². The van der Waals surface area contributed by atoms with Crippen LogP contribution in [0.3, 0.4) is 0 Å². The molecule has 0 spiro atoms. The molecule has 2 aromatic rings. The molecule has 0 bridgehead atoms. The van der Waals surface area contributed by atoms with Gasteiger partial charge in [0.1, 0.15) is 11.5 Å². The Labute approximate surface area is 167 Å². The number of hydrogen-bond acceptors (Lipinski definition) is 5. The summed E-state index contributed by atoms with van der Waals surface area (Å²) in [6, 6.07) is 4.44. The molecule has 0 aromatic carbocycles. The van der Waals surface area contributed by atoms with Crippen molar-refractivity contribution in [3.8, 4) is 0 Å². The maximum Gasteiger partial charge on any atom is 0.273 e.